The summed E-state index contributed by atoms with van der Waals surface area (Å²) in [6.45, 7) is 6.28. The number of aliphatic hydroxyl groups is 1. The van der Waals surface area contributed by atoms with Crippen molar-refractivity contribution in [1.82, 2.24) is 36.0 Å². The van der Waals surface area contributed by atoms with Crippen LogP contribution in [-0.2, 0) is 40.0 Å². The van der Waals surface area contributed by atoms with Gasteiger partial charge in [0, 0.05) is 43.0 Å². The first kappa shape index (κ1) is 51.7. The molecule has 7 atom stereocenters. The normalized spacial score (nSPS) is 26.5. The smallest absolute Gasteiger partial charge is 0.373 e. The van der Waals surface area contributed by atoms with Gasteiger partial charge in [-0.15, -0.1) is 0 Å². The molecule has 362 valence electrons. The van der Waals surface area contributed by atoms with Crippen molar-refractivity contribution in [3.8, 4) is 0 Å². The Kier molecular flexibility index (Phi) is 16.5. The van der Waals surface area contributed by atoms with Crippen LogP contribution in [0.15, 0.2) is 18.2 Å². The standard InChI is InChI=1S/C44H61Cl2F4N7O8/c1-23(2)17-30-38(61)55(6)32(19-26-18-27(45)14-15-29(26)46)37(60)54-42(3,4)40(63)51-16-8-7-9-31(35(58)52-30)56(21-24-10-11-24)39(62)34(25-12-13-25)53-36(59)33-20-28(47)22-57(33)41(64)43(5,65)44(48,49)50/h14-15,18,23-25,28,30-34,65H,7-13,16-17,19-22H2,1-6H3,(H,51,63)(H,52,58)(H,53,59)(H,54,60)/t28-,30+,31+,32+,33+,34+,43-/m1/s1. The molecule has 21 heteroatoms. The first-order valence-corrected chi connectivity index (χ1v) is 22.9. The molecule has 2 saturated heterocycles. The highest BCUT2D eigenvalue weighted by atomic mass is 35.5. The molecule has 1 aromatic carbocycles. The number of alkyl halides is 4. The van der Waals surface area contributed by atoms with Crippen molar-refractivity contribution >= 4 is 64.6 Å². The minimum Gasteiger partial charge on any atom is -0.373 e. The number of benzene rings is 1. The summed E-state index contributed by atoms with van der Waals surface area (Å²) in [7, 11) is 1.40. The van der Waals surface area contributed by atoms with Gasteiger partial charge in [0.2, 0.25) is 41.0 Å². The Morgan fingerprint density at radius 2 is 1.68 bits per heavy atom. The van der Waals surface area contributed by atoms with Gasteiger partial charge in [0.15, 0.2) is 0 Å². The molecule has 2 heterocycles. The molecule has 7 amide bonds. The van der Waals surface area contributed by atoms with E-state index in [1.165, 1.54) is 30.7 Å². The number of carbonyl (C=O) groups is 7. The van der Waals surface area contributed by atoms with E-state index in [1.807, 2.05) is 13.8 Å². The molecule has 0 radical (unpaired) electrons. The molecule has 2 aliphatic carbocycles. The Balaban J connectivity index is 1.48. The number of hydrogen-bond donors (Lipinski definition) is 5. The van der Waals surface area contributed by atoms with Crippen LogP contribution in [0, 0.1) is 17.8 Å². The Hall–Kier alpha value is -4.23. The molecular weight excluding hydrogens is 901 g/mol. The van der Waals surface area contributed by atoms with Gasteiger partial charge in [0.1, 0.15) is 41.9 Å². The summed E-state index contributed by atoms with van der Waals surface area (Å²) in [6.07, 6.45) is -4.91. The van der Waals surface area contributed by atoms with E-state index in [9.17, 15) is 56.2 Å². The molecule has 0 unspecified atom stereocenters. The van der Waals surface area contributed by atoms with Gasteiger partial charge in [-0.2, -0.15) is 13.2 Å². The number of halogens is 6. The lowest BCUT2D eigenvalue weighted by Gasteiger charge is -2.37. The van der Waals surface area contributed by atoms with E-state index in [0.29, 0.717) is 41.2 Å². The maximum absolute atomic E-state index is 14.9. The number of carbonyl (C=O) groups excluding carboxylic acids is 7. The fourth-order valence-electron chi connectivity index (χ4n) is 8.28. The third-order valence-corrected chi connectivity index (χ3v) is 13.2. The summed E-state index contributed by atoms with van der Waals surface area (Å²) in [4.78, 5) is 102. The number of rotatable bonds is 12. The van der Waals surface area contributed by atoms with E-state index >= 15 is 0 Å². The van der Waals surface area contributed by atoms with Gasteiger partial charge in [0.05, 0.1) is 6.54 Å². The van der Waals surface area contributed by atoms with Crippen molar-refractivity contribution in [2.45, 2.75) is 153 Å². The molecule has 0 spiro atoms. The van der Waals surface area contributed by atoms with E-state index in [4.69, 9.17) is 23.2 Å². The van der Waals surface area contributed by atoms with Gasteiger partial charge in [0.25, 0.3) is 5.91 Å². The second-order valence-corrected chi connectivity index (χ2v) is 20.0. The molecule has 5 N–H and O–H groups in total. The number of hydrogen-bond acceptors (Lipinski definition) is 8. The van der Waals surface area contributed by atoms with Crippen molar-refractivity contribution in [1.29, 1.82) is 0 Å². The molecule has 2 aliphatic heterocycles. The van der Waals surface area contributed by atoms with Crippen molar-refractivity contribution in [3.63, 3.8) is 0 Å². The predicted octanol–water partition coefficient (Wildman–Crippen LogP) is 3.84. The van der Waals surface area contributed by atoms with Crippen LogP contribution in [-0.4, -0.2) is 142 Å². The number of likely N-dealkylation sites (N-methyl/N-ethyl adjacent to an activating group) is 1. The van der Waals surface area contributed by atoms with E-state index in [0.717, 1.165) is 12.8 Å². The van der Waals surface area contributed by atoms with Crippen molar-refractivity contribution < 1.29 is 56.2 Å². The van der Waals surface area contributed by atoms with Crippen LogP contribution in [0.25, 0.3) is 0 Å². The molecular formula is C44H61Cl2F4N7O8. The minimum atomic E-state index is -5.43. The maximum atomic E-state index is 14.9. The fraction of sp³-hybridized carbons (Fsp3) is 0.705. The lowest BCUT2D eigenvalue weighted by Crippen LogP contribution is -2.63. The second-order valence-electron chi connectivity index (χ2n) is 19.1. The summed E-state index contributed by atoms with van der Waals surface area (Å²) < 4.78 is 55.9. The molecule has 5 rings (SSSR count). The van der Waals surface area contributed by atoms with Crippen LogP contribution in [0.3, 0.4) is 0 Å². The molecule has 15 nitrogen and oxygen atoms in total. The van der Waals surface area contributed by atoms with Gasteiger partial charge in [-0.1, -0.05) is 37.0 Å². The predicted molar refractivity (Wildman–Crippen MR) is 232 cm³/mol. The SMILES string of the molecule is CC(C)C[C@@H]1NC(=O)[C@@H](N(CC2CC2)C(=O)[C@@H](NC(=O)[C@@H]2C[C@@H](F)CN2C(=O)[C@@](C)(O)C(F)(F)F)C2CC2)CCCCNC(=O)C(C)(C)NC(=O)[C@H](Cc2cc(Cl)ccc2Cl)N(C)C1=O. The largest absolute Gasteiger partial charge is 0.426 e. The molecule has 2 saturated carbocycles. The van der Waals surface area contributed by atoms with Gasteiger partial charge >= 0.3 is 6.18 Å². The van der Waals surface area contributed by atoms with E-state index in [2.05, 4.69) is 21.3 Å². The quantitative estimate of drug-likeness (QED) is 0.195. The van der Waals surface area contributed by atoms with E-state index in [1.54, 1.807) is 18.2 Å². The van der Waals surface area contributed by atoms with E-state index in [-0.39, 0.29) is 56.1 Å². The average Bonchev–Trinajstić information content (AvgIpc) is 4.16. The third-order valence-electron chi connectivity index (χ3n) is 12.6. The molecule has 0 aromatic heterocycles. The highest BCUT2D eigenvalue weighted by molar-refractivity contribution is 6.33. The van der Waals surface area contributed by atoms with Crippen LogP contribution in [0.1, 0.15) is 98.0 Å². The van der Waals surface area contributed by atoms with Gasteiger partial charge in [-0.25, -0.2) is 4.39 Å². The van der Waals surface area contributed by atoms with Crippen molar-refractivity contribution in [2.24, 2.45) is 17.8 Å². The maximum Gasteiger partial charge on any atom is 0.426 e. The van der Waals surface area contributed by atoms with Gasteiger partial charge in [-0.05, 0) is 114 Å². The Labute approximate surface area is 386 Å². The topological polar surface area (TPSA) is 198 Å². The Morgan fingerprint density at radius 1 is 1.02 bits per heavy atom. The van der Waals surface area contributed by atoms with Crippen LogP contribution in [0.2, 0.25) is 10.0 Å². The van der Waals surface area contributed by atoms with Crippen LogP contribution in [0.4, 0.5) is 17.6 Å². The summed E-state index contributed by atoms with van der Waals surface area (Å²) in [5.41, 5.74) is -4.92. The fourth-order valence-corrected chi connectivity index (χ4v) is 8.67. The molecule has 65 heavy (non-hydrogen) atoms. The van der Waals surface area contributed by atoms with Crippen molar-refractivity contribution in [2.75, 3.05) is 26.7 Å². The Morgan fingerprint density at radius 3 is 2.28 bits per heavy atom. The first-order chi connectivity index (χ1) is 30.2. The number of likely N-dealkylation sites (tertiary alicyclic amines) is 1. The zero-order chi connectivity index (χ0) is 48.3. The minimum absolute atomic E-state index is 0.0131. The van der Waals surface area contributed by atoms with Crippen LogP contribution in [0.5, 0.6) is 0 Å². The Bertz CT molecular complexity index is 1980. The summed E-state index contributed by atoms with van der Waals surface area (Å²) in [6, 6.07) is -2.10. The van der Waals surface area contributed by atoms with Crippen LogP contribution < -0.4 is 21.3 Å². The monoisotopic (exact) mass is 961 g/mol. The molecule has 1 aromatic rings. The lowest BCUT2D eigenvalue weighted by atomic mass is 9.97. The zero-order valence-corrected chi connectivity index (χ0v) is 39.0. The number of nitrogens with one attached hydrogen (secondary N) is 4. The average molecular weight is 963 g/mol. The highest BCUT2D eigenvalue weighted by Crippen LogP contribution is 2.38. The van der Waals surface area contributed by atoms with Gasteiger partial charge < -0.3 is 41.1 Å². The molecule has 4 fully saturated rings. The number of nitrogens with zero attached hydrogens (tertiary/aromatic N) is 3. The van der Waals surface area contributed by atoms with Crippen LogP contribution >= 0.6 is 23.2 Å². The molecule has 4 aliphatic rings. The van der Waals surface area contributed by atoms with E-state index < -0.39 is 114 Å². The zero-order valence-electron chi connectivity index (χ0n) is 37.5. The summed E-state index contributed by atoms with van der Waals surface area (Å²) in [5.74, 6) is -6.83. The second kappa shape index (κ2) is 20.7. The van der Waals surface area contributed by atoms with Crippen molar-refractivity contribution in [3.05, 3.63) is 33.8 Å². The van der Waals surface area contributed by atoms with Gasteiger partial charge in [-0.3, -0.25) is 33.6 Å². The third kappa shape index (κ3) is 12.8. The first-order valence-electron chi connectivity index (χ1n) is 22.2. The summed E-state index contributed by atoms with van der Waals surface area (Å²) in [5, 5.41) is 21.8. The molecule has 0 bridgehead atoms. The summed E-state index contributed by atoms with van der Waals surface area (Å²) >= 11 is 12.8. The highest BCUT2D eigenvalue weighted by Gasteiger charge is 2.60. The number of amides is 7. The lowest BCUT2D eigenvalue weighted by molar-refractivity contribution is -0.250.